The van der Waals surface area contributed by atoms with E-state index in [1.807, 2.05) is 19.1 Å². The van der Waals surface area contributed by atoms with E-state index in [0.717, 1.165) is 0 Å². The molecule has 3 rings (SSSR count). The first-order valence-corrected chi connectivity index (χ1v) is 7.81. The lowest BCUT2D eigenvalue weighted by molar-refractivity contribution is -0.154. The van der Waals surface area contributed by atoms with Crippen LogP contribution < -0.4 is 0 Å². The lowest BCUT2D eigenvalue weighted by Gasteiger charge is -2.34. The number of cyclic esters (lactones) is 2. The van der Waals surface area contributed by atoms with Crippen LogP contribution in [0.1, 0.15) is 19.8 Å². The summed E-state index contributed by atoms with van der Waals surface area (Å²) in [5, 5.41) is 0. The molecule has 2 aliphatic heterocycles. The topological polar surface area (TPSA) is 71.1 Å². The summed E-state index contributed by atoms with van der Waals surface area (Å²) in [5.74, 6) is -1.80. The van der Waals surface area contributed by atoms with Crippen molar-refractivity contribution < 1.29 is 28.5 Å². The van der Waals surface area contributed by atoms with Crippen LogP contribution in [0.5, 0.6) is 0 Å². The third-order valence-electron chi connectivity index (χ3n) is 4.86. The summed E-state index contributed by atoms with van der Waals surface area (Å²) in [7, 11) is 1.63. The minimum atomic E-state index is -0.442. The van der Waals surface area contributed by atoms with E-state index in [9.17, 15) is 9.59 Å². The zero-order valence-corrected chi connectivity index (χ0v) is 12.9. The van der Waals surface area contributed by atoms with E-state index in [1.165, 1.54) is 0 Å². The molecule has 0 unspecified atom stereocenters. The molecule has 0 bridgehead atoms. The third kappa shape index (κ3) is 2.83. The van der Waals surface area contributed by atoms with Crippen molar-refractivity contribution in [1.29, 1.82) is 0 Å². The second-order valence-electron chi connectivity index (χ2n) is 6.14. The summed E-state index contributed by atoms with van der Waals surface area (Å²) in [5.41, 5.74) is 0. The summed E-state index contributed by atoms with van der Waals surface area (Å²) >= 11 is 0. The number of allylic oxidation sites excluding steroid dienone is 1. The average molecular weight is 310 g/mol. The van der Waals surface area contributed by atoms with Gasteiger partial charge >= 0.3 is 11.9 Å². The molecular weight excluding hydrogens is 288 g/mol. The van der Waals surface area contributed by atoms with Crippen molar-refractivity contribution >= 4 is 11.9 Å². The van der Waals surface area contributed by atoms with Crippen LogP contribution in [0.4, 0.5) is 0 Å². The minimum Gasteiger partial charge on any atom is -0.393 e. The molecule has 122 valence electrons. The van der Waals surface area contributed by atoms with E-state index >= 15 is 0 Å². The Morgan fingerprint density at radius 3 is 2.55 bits per heavy atom. The Balaban J connectivity index is 1.71. The highest BCUT2D eigenvalue weighted by molar-refractivity contribution is 5.97. The molecular formula is C16H22O6. The van der Waals surface area contributed by atoms with Crippen LogP contribution in [0, 0.1) is 23.7 Å². The smallest absolute Gasteiger partial charge is 0.318 e. The Morgan fingerprint density at radius 1 is 1.18 bits per heavy atom. The first-order chi connectivity index (χ1) is 10.6. The fourth-order valence-corrected chi connectivity index (χ4v) is 3.71. The van der Waals surface area contributed by atoms with Crippen molar-refractivity contribution in [2.45, 2.75) is 32.2 Å². The maximum atomic E-state index is 12.1. The summed E-state index contributed by atoms with van der Waals surface area (Å²) < 4.78 is 21.3. The monoisotopic (exact) mass is 310 g/mol. The molecule has 6 nitrogen and oxygen atoms in total. The number of fused-ring (bicyclic) bond motifs is 1. The highest BCUT2D eigenvalue weighted by Crippen LogP contribution is 2.42. The van der Waals surface area contributed by atoms with Gasteiger partial charge in [-0.05, 0) is 12.3 Å². The van der Waals surface area contributed by atoms with Crippen molar-refractivity contribution in [2.24, 2.45) is 23.7 Å². The lowest BCUT2D eigenvalue weighted by atomic mass is 9.70. The van der Waals surface area contributed by atoms with Gasteiger partial charge in [-0.1, -0.05) is 19.1 Å². The predicted octanol–water partition coefficient (Wildman–Crippen LogP) is 1.29. The molecule has 0 N–H and O–H groups in total. The fraction of sp³-hybridized carbons (Fsp3) is 0.750. The van der Waals surface area contributed by atoms with Crippen LogP contribution in [0.15, 0.2) is 12.2 Å². The van der Waals surface area contributed by atoms with Gasteiger partial charge in [-0.25, -0.2) is 0 Å². The first-order valence-electron chi connectivity index (χ1n) is 7.81. The largest absolute Gasteiger partial charge is 0.393 e. The SMILES string of the molecule is CO[C@H](CCC1OCCO1)[C@H]1C=C[C@@H](C)[C@H]2C(=O)OC(=O)[C@@H]12. The van der Waals surface area contributed by atoms with Crippen LogP contribution in [0.25, 0.3) is 0 Å². The summed E-state index contributed by atoms with van der Waals surface area (Å²) in [6.45, 7) is 3.18. The van der Waals surface area contributed by atoms with Crippen molar-refractivity contribution in [3.8, 4) is 0 Å². The number of hydrogen-bond donors (Lipinski definition) is 0. The normalized spacial score (nSPS) is 36.5. The van der Waals surface area contributed by atoms with E-state index in [2.05, 4.69) is 0 Å². The van der Waals surface area contributed by atoms with Crippen molar-refractivity contribution in [2.75, 3.05) is 20.3 Å². The van der Waals surface area contributed by atoms with Gasteiger partial charge in [0.15, 0.2) is 6.29 Å². The standard InChI is InChI=1S/C16H22O6/c1-9-3-4-10(14-13(9)15(17)22-16(14)18)11(19-2)5-6-12-20-7-8-21-12/h3-4,9-14H,5-8H2,1-2H3/t9-,10-,11-,13-,14+/m1/s1. The fourth-order valence-electron chi connectivity index (χ4n) is 3.71. The number of ether oxygens (including phenoxy) is 4. The molecule has 0 amide bonds. The minimum absolute atomic E-state index is 0.0132. The quantitative estimate of drug-likeness (QED) is 0.433. The number of esters is 2. The molecule has 0 aromatic rings. The number of carbonyl (C=O) groups excluding carboxylic acids is 2. The predicted molar refractivity (Wildman–Crippen MR) is 75.6 cm³/mol. The van der Waals surface area contributed by atoms with Crippen molar-refractivity contribution in [3.63, 3.8) is 0 Å². The number of rotatable bonds is 5. The van der Waals surface area contributed by atoms with E-state index in [1.54, 1.807) is 7.11 Å². The van der Waals surface area contributed by atoms with Gasteiger partial charge in [-0.3, -0.25) is 9.59 Å². The number of hydrogen-bond acceptors (Lipinski definition) is 6. The van der Waals surface area contributed by atoms with Gasteiger partial charge in [0.1, 0.15) is 0 Å². The molecule has 2 saturated heterocycles. The number of carbonyl (C=O) groups is 2. The summed E-state index contributed by atoms with van der Waals surface area (Å²) in [4.78, 5) is 24.0. The van der Waals surface area contributed by atoms with E-state index < -0.39 is 17.9 Å². The maximum Gasteiger partial charge on any atom is 0.318 e. The van der Waals surface area contributed by atoms with E-state index in [0.29, 0.717) is 26.1 Å². The van der Waals surface area contributed by atoms with Gasteiger partial charge in [0.05, 0.1) is 31.2 Å². The van der Waals surface area contributed by atoms with Crippen molar-refractivity contribution in [3.05, 3.63) is 12.2 Å². The first kappa shape index (κ1) is 15.6. The molecule has 6 heteroatoms. The Kier molecular flexibility index (Phi) is 4.61. The molecule has 0 aromatic heterocycles. The summed E-state index contributed by atoms with van der Waals surface area (Å²) in [6.07, 6.45) is 5.03. The van der Waals surface area contributed by atoms with Gasteiger partial charge in [0.2, 0.25) is 0 Å². The molecule has 0 saturated carbocycles. The molecule has 2 fully saturated rings. The van der Waals surface area contributed by atoms with Crippen LogP contribution in [-0.2, 0) is 28.5 Å². The molecule has 2 heterocycles. The Morgan fingerprint density at radius 2 is 1.86 bits per heavy atom. The Bertz CT molecular complexity index is 467. The van der Waals surface area contributed by atoms with Gasteiger partial charge in [0.25, 0.3) is 0 Å². The molecule has 3 aliphatic rings. The maximum absolute atomic E-state index is 12.1. The van der Waals surface area contributed by atoms with Gasteiger partial charge in [-0.2, -0.15) is 0 Å². The Labute approximate surface area is 129 Å². The highest BCUT2D eigenvalue weighted by atomic mass is 16.7. The van der Waals surface area contributed by atoms with Gasteiger partial charge < -0.3 is 18.9 Å². The van der Waals surface area contributed by atoms with Crippen LogP contribution in [0.2, 0.25) is 0 Å². The van der Waals surface area contributed by atoms with Gasteiger partial charge in [0, 0.05) is 19.4 Å². The second-order valence-corrected chi connectivity index (χ2v) is 6.14. The van der Waals surface area contributed by atoms with Crippen LogP contribution in [0.3, 0.4) is 0 Å². The number of methoxy groups -OCH3 is 1. The highest BCUT2D eigenvalue weighted by Gasteiger charge is 2.53. The molecule has 0 radical (unpaired) electrons. The molecule has 5 atom stereocenters. The molecule has 1 aliphatic carbocycles. The zero-order valence-electron chi connectivity index (χ0n) is 12.9. The third-order valence-corrected chi connectivity index (χ3v) is 4.86. The average Bonchev–Trinajstić information content (AvgIpc) is 3.10. The lowest BCUT2D eigenvalue weighted by Crippen LogP contribution is -2.39. The van der Waals surface area contributed by atoms with E-state index in [-0.39, 0.29) is 30.1 Å². The van der Waals surface area contributed by atoms with Crippen LogP contribution in [-0.4, -0.2) is 44.7 Å². The van der Waals surface area contributed by atoms with Crippen molar-refractivity contribution in [1.82, 2.24) is 0 Å². The Hall–Kier alpha value is -1.24. The molecule has 0 spiro atoms. The van der Waals surface area contributed by atoms with E-state index in [4.69, 9.17) is 18.9 Å². The zero-order chi connectivity index (χ0) is 15.7. The summed E-state index contributed by atoms with van der Waals surface area (Å²) in [6, 6.07) is 0. The second kappa shape index (κ2) is 6.48. The molecule has 22 heavy (non-hydrogen) atoms. The van der Waals surface area contributed by atoms with Gasteiger partial charge in [-0.15, -0.1) is 0 Å². The van der Waals surface area contributed by atoms with Crippen LogP contribution >= 0.6 is 0 Å². The molecule has 0 aromatic carbocycles.